The molecule has 1 rings (SSSR count). The van der Waals surface area contributed by atoms with Gasteiger partial charge in [-0.25, -0.2) is 0 Å². The molecule has 1 unspecified atom stereocenters. The summed E-state index contributed by atoms with van der Waals surface area (Å²) in [4.78, 5) is 0. The molecule has 0 aliphatic rings. The number of hydrogen-bond donors (Lipinski definition) is 1. The Bertz CT molecular complexity index is 298. The monoisotopic (exact) mass is 190 g/mol. The third-order valence-electron chi connectivity index (χ3n) is 2.47. The molecule has 0 fully saturated rings. The Morgan fingerprint density at radius 1 is 1.21 bits per heavy atom. The molecule has 1 nitrogen and oxygen atoms in total. The molecule has 0 aliphatic carbocycles. The number of rotatable bonds is 3. The molecular formula is C13H18O. The van der Waals surface area contributed by atoms with Crippen molar-refractivity contribution in [1.82, 2.24) is 0 Å². The maximum absolute atomic E-state index is 9.86. The molecule has 1 aromatic carbocycles. The van der Waals surface area contributed by atoms with E-state index >= 15 is 0 Å². The highest BCUT2D eigenvalue weighted by Gasteiger charge is 2.04. The summed E-state index contributed by atoms with van der Waals surface area (Å²) in [5.41, 5.74) is 2.17. The summed E-state index contributed by atoms with van der Waals surface area (Å²) in [6, 6.07) is 9.72. The lowest BCUT2D eigenvalue weighted by Crippen LogP contribution is -1.97. The van der Waals surface area contributed by atoms with Crippen molar-refractivity contribution < 1.29 is 5.11 Å². The predicted molar refractivity (Wildman–Crippen MR) is 60.0 cm³/mol. The summed E-state index contributed by atoms with van der Waals surface area (Å²) in [6.07, 6.45) is 1.44. The van der Waals surface area contributed by atoms with E-state index in [0.717, 1.165) is 5.56 Å². The van der Waals surface area contributed by atoms with E-state index in [0.29, 0.717) is 5.92 Å². The summed E-state index contributed by atoms with van der Waals surface area (Å²) in [5, 5.41) is 9.86. The highest BCUT2D eigenvalue weighted by molar-refractivity contribution is 5.22. The van der Waals surface area contributed by atoms with Crippen LogP contribution in [0.2, 0.25) is 0 Å². The largest absolute Gasteiger partial charge is 0.384 e. The lowest BCUT2D eigenvalue weighted by atomic mass is 10.0. The molecule has 0 heterocycles. The Morgan fingerprint density at radius 3 is 2.29 bits per heavy atom. The Hall–Kier alpha value is -1.08. The van der Waals surface area contributed by atoms with Crippen molar-refractivity contribution in [2.75, 3.05) is 0 Å². The summed E-state index contributed by atoms with van der Waals surface area (Å²) >= 11 is 0. The Labute approximate surface area is 86.1 Å². The van der Waals surface area contributed by atoms with Gasteiger partial charge >= 0.3 is 0 Å². The summed E-state index contributed by atoms with van der Waals surface area (Å²) in [6.45, 7) is 6.31. The summed E-state index contributed by atoms with van der Waals surface area (Å²) in [7, 11) is 0. The number of aliphatic hydroxyl groups is 1. The number of aliphatic hydroxyl groups excluding tert-OH is 1. The van der Waals surface area contributed by atoms with E-state index in [-0.39, 0.29) is 0 Å². The molecule has 14 heavy (non-hydrogen) atoms. The van der Waals surface area contributed by atoms with Crippen molar-refractivity contribution in [3.63, 3.8) is 0 Å². The van der Waals surface area contributed by atoms with Gasteiger partial charge in [0, 0.05) is 0 Å². The molecule has 1 N–H and O–H groups in total. The van der Waals surface area contributed by atoms with E-state index in [1.54, 1.807) is 0 Å². The molecule has 1 atom stereocenters. The van der Waals surface area contributed by atoms with Gasteiger partial charge in [-0.05, 0) is 18.4 Å². The van der Waals surface area contributed by atoms with Crippen LogP contribution in [0.25, 0.3) is 0 Å². The number of allylic oxidation sites excluding steroid dienone is 1. The van der Waals surface area contributed by atoms with Crippen molar-refractivity contribution in [1.29, 1.82) is 0 Å². The van der Waals surface area contributed by atoms with Crippen LogP contribution in [0.1, 0.15) is 32.4 Å². The van der Waals surface area contributed by atoms with Gasteiger partial charge < -0.3 is 5.11 Å². The van der Waals surface area contributed by atoms with Gasteiger partial charge in [0.2, 0.25) is 0 Å². The molecule has 0 radical (unpaired) electrons. The first-order valence-corrected chi connectivity index (χ1v) is 5.02. The Kier molecular flexibility index (Phi) is 3.90. The molecule has 0 aliphatic heterocycles. The molecule has 0 aromatic heterocycles. The van der Waals surface area contributed by atoms with Gasteiger partial charge in [-0.3, -0.25) is 0 Å². The molecule has 0 amide bonds. The fourth-order valence-corrected chi connectivity index (χ4v) is 1.19. The van der Waals surface area contributed by atoms with Gasteiger partial charge in [0.05, 0.1) is 6.10 Å². The topological polar surface area (TPSA) is 20.2 Å². The maximum atomic E-state index is 9.86. The highest BCUT2D eigenvalue weighted by Crippen LogP contribution is 2.18. The average Bonchev–Trinajstić information content (AvgIpc) is 2.19. The molecule has 0 bridgehead atoms. The normalized spacial score (nSPS) is 14.5. The summed E-state index contributed by atoms with van der Waals surface area (Å²) < 4.78 is 0. The fraction of sp³-hybridized carbons (Fsp3) is 0.385. The van der Waals surface area contributed by atoms with Crippen LogP contribution in [0.4, 0.5) is 0 Å². The quantitative estimate of drug-likeness (QED) is 0.725. The minimum atomic E-state index is -0.474. The zero-order valence-electron chi connectivity index (χ0n) is 9.07. The zero-order chi connectivity index (χ0) is 10.6. The van der Waals surface area contributed by atoms with Crippen molar-refractivity contribution in [3.05, 3.63) is 47.5 Å². The smallest absolute Gasteiger partial charge is 0.0974 e. The van der Waals surface area contributed by atoms with Crippen molar-refractivity contribution in [2.24, 2.45) is 5.92 Å². The third-order valence-corrected chi connectivity index (χ3v) is 2.47. The van der Waals surface area contributed by atoms with Gasteiger partial charge in [-0.2, -0.15) is 0 Å². The lowest BCUT2D eigenvalue weighted by Gasteiger charge is -2.10. The predicted octanol–water partition coefficient (Wildman–Crippen LogP) is 3.32. The first kappa shape index (κ1) is 11.0. The molecule has 0 saturated carbocycles. The fourth-order valence-electron chi connectivity index (χ4n) is 1.19. The van der Waals surface area contributed by atoms with Crippen LogP contribution in [-0.2, 0) is 0 Å². The van der Waals surface area contributed by atoms with Crippen LogP contribution in [0.3, 0.4) is 0 Å². The van der Waals surface area contributed by atoms with Crippen LogP contribution >= 0.6 is 0 Å². The molecule has 76 valence electrons. The Balaban J connectivity index is 2.77. The minimum absolute atomic E-state index is 0.474. The average molecular weight is 190 g/mol. The highest BCUT2D eigenvalue weighted by atomic mass is 16.3. The Morgan fingerprint density at radius 2 is 1.79 bits per heavy atom. The van der Waals surface area contributed by atoms with Crippen LogP contribution in [0.15, 0.2) is 42.0 Å². The van der Waals surface area contributed by atoms with E-state index in [1.807, 2.05) is 36.4 Å². The van der Waals surface area contributed by atoms with Crippen LogP contribution < -0.4 is 0 Å². The number of hydrogen-bond acceptors (Lipinski definition) is 1. The van der Waals surface area contributed by atoms with E-state index in [2.05, 4.69) is 20.8 Å². The maximum Gasteiger partial charge on any atom is 0.0974 e. The van der Waals surface area contributed by atoms with Crippen LogP contribution in [0.5, 0.6) is 0 Å². The van der Waals surface area contributed by atoms with E-state index < -0.39 is 6.10 Å². The standard InChI is InChI=1S/C13H18O/c1-10(2)11(3)9-13(14)12-7-5-4-6-8-12/h4-10,13-14H,1-3H3/b11-9+. The second-order valence-electron chi connectivity index (χ2n) is 3.92. The second kappa shape index (κ2) is 4.97. The zero-order valence-corrected chi connectivity index (χ0v) is 9.07. The van der Waals surface area contributed by atoms with Gasteiger partial charge in [-0.1, -0.05) is 55.8 Å². The van der Waals surface area contributed by atoms with E-state index in [4.69, 9.17) is 0 Å². The molecular weight excluding hydrogens is 172 g/mol. The first-order valence-electron chi connectivity index (χ1n) is 5.02. The third kappa shape index (κ3) is 3.00. The minimum Gasteiger partial charge on any atom is -0.384 e. The van der Waals surface area contributed by atoms with Gasteiger partial charge in [0.1, 0.15) is 0 Å². The van der Waals surface area contributed by atoms with Crippen LogP contribution in [-0.4, -0.2) is 5.11 Å². The molecule has 0 spiro atoms. The molecule has 1 aromatic rings. The van der Waals surface area contributed by atoms with Crippen LogP contribution in [0, 0.1) is 5.92 Å². The van der Waals surface area contributed by atoms with E-state index in [9.17, 15) is 5.11 Å². The summed E-state index contributed by atoms with van der Waals surface area (Å²) in [5.74, 6) is 0.494. The van der Waals surface area contributed by atoms with Gasteiger partial charge in [0.15, 0.2) is 0 Å². The van der Waals surface area contributed by atoms with Crippen molar-refractivity contribution >= 4 is 0 Å². The SMILES string of the molecule is C/C(=C\C(O)c1ccccc1)C(C)C. The molecule has 1 heteroatoms. The van der Waals surface area contributed by atoms with Gasteiger partial charge in [-0.15, -0.1) is 0 Å². The first-order chi connectivity index (χ1) is 6.61. The molecule has 0 saturated heterocycles. The number of benzene rings is 1. The van der Waals surface area contributed by atoms with Gasteiger partial charge in [0.25, 0.3) is 0 Å². The second-order valence-corrected chi connectivity index (χ2v) is 3.92. The van der Waals surface area contributed by atoms with Crippen molar-refractivity contribution in [3.8, 4) is 0 Å². The van der Waals surface area contributed by atoms with E-state index in [1.165, 1.54) is 5.57 Å². The van der Waals surface area contributed by atoms with Crippen molar-refractivity contribution in [2.45, 2.75) is 26.9 Å². The lowest BCUT2D eigenvalue weighted by molar-refractivity contribution is 0.227.